The number of nitrogens with one attached hydrogen (secondary N) is 1. The molecule has 4 nitrogen and oxygen atoms in total. The molecule has 0 saturated heterocycles. The lowest BCUT2D eigenvalue weighted by Gasteiger charge is -2.22. The quantitative estimate of drug-likeness (QED) is 0.246. The highest BCUT2D eigenvalue weighted by atomic mass is 16.4. The van der Waals surface area contributed by atoms with Crippen LogP contribution in [0.15, 0.2) is 5.16 Å². The molecule has 0 amide bonds. The monoisotopic (exact) mass is 229 g/mol. The van der Waals surface area contributed by atoms with Crippen LogP contribution < -0.4 is 11.1 Å². The van der Waals surface area contributed by atoms with Gasteiger partial charge in [-0.3, -0.25) is 0 Å². The normalized spacial score (nSPS) is 16.1. The molecule has 0 rings (SSSR count). The fourth-order valence-electron chi connectivity index (χ4n) is 1.93. The van der Waals surface area contributed by atoms with Gasteiger partial charge in [0.25, 0.3) is 0 Å². The SMILES string of the molecule is CCCCC(CCC)NC(C)CC(N)=NO. The smallest absolute Gasteiger partial charge is 0.140 e. The number of hydrogen-bond donors (Lipinski definition) is 3. The molecule has 96 valence electrons. The summed E-state index contributed by atoms with van der Waals surface area (Å²) in [6, 6.07) is 0.829. The second kappa shape index (κ2) is 9.46. The summed E-state index contributed by atoms with van der Waals surface area (Å²) in [7, 11) is 0. The van der Waals surface area contributed by atoms with E-state index in [1.807, 2.05) is 0 Å². The molecular formula is C12H27N3O. The highest BCUT2D eigenvalue weighted by Gasteiger charge is 2.11. The molecule has 0 aliphatic rings. The maximum Gasteiger partial charge on any atom is 0.140 e. The number of nitrogens with two attached hydrogens (primary N) is 1. The van der Waals surface area contributed by atoms with E-state index in [4.69, 9.17) is 10.9 Å². The molecule has 0 saturated carbocycles. The summed E-state index contributed by atoms with van der Waals surface area (Å²) in [5.41, 5.74) is 5.48. The Bertz CT molecular complexity index is 195. The molecule has 0 heterocycles. The van der Waals surface area contributed by atoms with Crippen LogP contribution in [0.5, 0.6) is 0 Å². The van der Waals surface area contributed by atoms with Gasteiger partial charge in [0.15, 0.2) is 0 Å². The second-order valence-corrected chi connectivity index (χ2v) is 4.49. The summed E-state index contributed by atoms with van der Waals surface area (Å²) in [5.74, 6) is 0.297. The molecule has 0 spiro atoms. The van der Waals surface area contributed by atoms with Crippen LogP contribution >= 0.6 is 0 Å². The first kappa shape index (κ1) is 15.2. The highest BCUT2D eigenvalue weighted by Crippen LogP contribution is 2.08. The molecule has 0 aromatic carbocycles. The van der Waals surface area contributed by atoms with Crippen molar-refractivity contribution in [2.45, 2.75) is 71.4 Å². The van der Waals surface area contributed by atoms with Gasteiger partial charge in [-0.05, 0) is 19.8 Å². The molecule has 2 unspecified atom stereocenters. The Morgan fingerprint density at radius 1 is 1.31 bits per heavy atom. The van der Waals surface area contributed by atoms with Crippen LogP contribution in [0.25, 0.3) is 0 Å². The third-order valence-electron chi connectivity index (χ3n) is 2.71. The van der Waals surface area contributed by atoms with Crippen molar-refractivity contribution in [1.82, 2.24) is 5.32 Å². The zero-order valence-corrected chi connectivity index (χ0v) is 10.9. The van der Waals surface area contributed by atoms with E-state index >= 15 is 0 Å². The molecule has 2 atom stereocenters. The van der Waals surface area contributed by atoms with Crippen LogP contribution in [0.4, 0.5) is 0 Å². The van der Waals surface area contributed by atoms with E-state index < -0.39 is 0 Å². The predicted molar refractivity (Wildman–Crippen MR) is 68.8 cm³/mol. The zero-order valence-electron chi connectivity index (χ0n) is 10.9. The molecule has 0 bridgehead atoms. The van der Waals surface area contributed by atoms with Crippen molar-refractivity contribution in [3.8, 4) is 0 Å². The summed E-state index contributed by atoms with van der Waals surface area (Å²) in [6.07, 6.45) is 6.69. The van der Waals surface area contributed by atoms with E-state index in [1.54, 1.807) is 0 Å². The number of rotatable bonds is 9. The molecule has 0 aliphatic heterocycles. The minimum absolute atomic E-state index is 0.268. The summed E-state index contributed by atoms with van der Waals surface area (Å²) in [6.45, 7) is 6.49. The topological polar surface area (TPSA) is 70.6 Å². The van der Waals surface area contributed by atoms with Gasteiger partial charge in [-0.25, -0.2) is 0 Å². The third kappa shape index (κ3) is 7.51. The van der Waals surface area contributed by atoms with Crippen LogP contribution in [0.3, 0.4) is 0 Å². The van der Waals surface area contributed by atoms with Gasteiger partial charge in [0.1, 0.15) is 5.84 Å². The first-order valence-electron chi connectivity index (χ1n) is 6.36. The maximum atomic E-state index is 8.50. The van der Waals surface area contributed by atoms with Crippen molar-refractivity contribution in [2.24, 2.45) is 10.9 Å². The van der Waals surface area contributed by atoms with E-state index in [2.05, 4.69) is 31.2 Å². The Balaban J connectivity index is 3.96. The first-order valence-corrected chi connectivity index (χ1v) is 6.36. The number of amidine groups is 1. The minimum Gasteiger partial charge on any atom is -0.409 e. The van der Waals surface area contributed by atoms with E-state index in [9.17, 15) is 0 Å². The largest absolute Gasteiger partial charge is 0.409 e. The maximum absolute atomic E-state index is 8.50. The molecule has 4 heteroatoms. The Morgan fingerprint density at radius 3 is 2.50 bits per heavy atom. The van der Waals surface area contributed by atoms with Crippen molar-refractivity contribution >= 4 is 5.84 Å². The van der Waals surface area contributed by atoms with E-state index in [1.165, 1.54) is 32.1 Å². The summed E-state index contributed by atoms with van der Waals surface area (Å²) in [4.78, 5) is 0. The molecule has 4 N–H and O–H groups in total. The lowest BCUT2D eigenvalue weighted by molar-refractivity contribution is 0.314. The van der Waals surface area contributed by atoms with E-state index in [0.29, 0.717) is 18.3 Å². The Morgan fingerprint density at radius 2 is 2.00 bits per heavy atom. The number of unbranched alkanes of at least 4 members (excludes halogenated alkanes) is 1. The fourth-order valence-corrected chi connectivity index (χ4v) is 1.93. The Labute approximate surface area is 99.3 Å². The minimum atomic E-state index is 0.268. The van der Waals surface area contributed by atoms with Crippen molar-refractivity contribution in [3.05, 3.63) is 0 Å². The third-order valence-corrected chi connectivity index (χ3v) is 2.71. The van der Waals surface area contributed by atoms with Gasteiger partial charge in [-0.1, -0.05) is 38.3 Å². The Kier molecular flexibility index (Phi) is 9.00. The van der Waals surface area contributed by atoms with Gasteiger partial charge in [0.2, 0.25) is 0 Å². The standard InChI is InChI=1S/C12H27N3O/c1-4-6-8-11(7-5-2)14-10(3)9-12(13)15-16/h10-11,14,16H,4-9H2,1-3H3,(H2,13,15). The van der Waals surface area contributed by atoms with Crippen molar-refractivity contribution in [1.29, 1.82) is 0 Å². The van der Waals surface area contributed by atoms with Gasteiger partial charge in [0.05, 0.1) is 0 Å². The average molecular weight is 229 g/mol. The molecule has 0 fully saturated rings. The van der Waals surface area contributed by atoms with Gasteiger partial charge >= 0.3 is 0 Å². The van der Waals surface area contributed by atoms with Crippen molar-refractivity contribution < 1.29 is 5.21 Å². The van der Waals surface area contributed by atoms with Gasteiger partial charge in [0, 0.05) is 18.5 Å². The van der Waals surface area contributed by atoms with Crippen molar-refractivity contribution in [2.75, 3.05) is 0 Å². The lowest BCUT2D eigenvalue weighted by Crippen LogP contribution is -2.38. The molecular weight excluding hydrogens is 202 g/mol. The van der Waals surface area contributed by atoms with Gasteiger partial charge in [-0.15, -0.1) is 0 Å². The predicted octanol–water partition coefficient (Wildman–Crippen LogP) is 2.46. The number of hydrogen-bond acceptors (Lipinski definition) is 3. The molecule has 16 heavy (non-hydrogen) atoms. The van der Waals surface area contributed by atoms with Gasteiger partial charge in [-0.2, -0.15) is 0 Å². The van der Waals surface area contributed by atoms with E-state index in [-0.39, 0.29) is 6.04 Å². The Hall–Kier alpha value is -0.770. The van der Waals surface area contributed by atoms with Crippen LogP contribution in [-0.2, 0) is 0 Å². The molecule has 0 aliphatic carbocycles. The van der Waals surface area contributed by atoms with E-state index in [0.717, 1.165) is 0 Å². The second-order valence-electron chi connectivity index (χ2n) is 4.49. The summed E-state index contributed by atoms with van der Waals surface area (Å²) >= 11 is 0. The number of nitrogens with zero attached hydrogens (tertiary/aromatic N) is 1. The van der Waals surface area contributed by atoms with Gasteiger partial charge < -0.3 is 16.3 Å². The fraction of sp³-hybridized carbons (Fsp3) is 0.917. The zero-order chi connectivity index (χ0) is 12.4. The van der Waals surface area contributed by atoms with Crippen LogP contribution in [0.2, 0.25) is 0 Å². The van der Waals surface area contributed by atoms with Crippen molar-refractivity contribution in [3.63, 3.8) is 0 Å². The van der Waals surface area contributed by atoms with Crippen LogP contribution in [0.1, 0.15) is 59.3 Å². The molecule has 0 aromatic heterocycles. The first-order chi connectivity index (χ1) is 7.63. The average Bonchev–Trinajstić information content (AvgIpc) is 2.25. The van der Waals surface area contributed by atoms with Crippen LogP contribution in [0, 0.1) is 0 Å². The summed E-state index contributed by atoms with van der Waals surface area (Å²) in [5, 5.41) is 15.0. The highest BCUT2D eigenvalue weighted by molar-refractivity contribution is 5.80. The lowest BCUT2D eigenvalue weighted by atomic mass is 10.0. The van der Waals surface area contributed by atoms with Crippen LogP contribution in [-0.4, -0.2) is 23.1 Å². The number of oxime groups is 1. The molecule has 0 aromatic rings. The molecule has 0 radical (unpaired) electrons. The summed E-state index contributed by atoms with van der Waals surface area (Å²) < 4.78 is 0.